The fourth-order valence-electron chi connectivity index (χ4n) is 4.58. The number of fused-ring (bicyclic) bond motifs is 1. The molecular formula is C20H25FN4O2. The monoisotopic (exact) mass is 372 g/mol. The summed E-state index contributed by atoms with van der Waals surface area (Å²) in [4.78, 5) is 24.9. The van der Waals surface area contributed by atoms with Crippen LogP contribution < -0.4 is 11.0 Å². The number of benzene rings is 1. The smallest absolute Gasteiger partial charge is 0.345 e. The lowest BCUT2D eigenvalue weighted by atomic mass is 9.78. The van der Waals surface area contributed by atoms with Crippen molar-refractivity contribution in [1.29, 1.82) is 0 Å². The standard InChI is InChI=1S/C20H25FN4O2/c1-24-19(27)25-12-14(4-9-17(25)23-24)18(26)22-13-20(10-2-3-11-20)15-5-7-16(21)8-6-15/h5-8,14H,2-4,9-13H2,1H3,(H,22,26)/t14-/m1/s1. The second kappa shape index (κ2) is 6.94. The van der Waals surface area contributed by atoms with E-state index in [9.17, 15) is 14.0 Å². The molecule has 2 heterocycles. The van der Waals surface area contributed by atoms with Crippen LogP contribution in [0.25, 0.3) is 0 Å². The average molecular weight is 372 g/mol. The molecule has 2 aliphatic rings. The third-order valence-corrected chi connectivity index (χ3v) is 6.19. The molecule has 1 N–H and O–H groups in total. The summed E-state index contributed by atoms with van der Waals surface area (Å²) in [6.07, 6.45) is 5.56. The summed E-state index contributed by atoms with van der Waals surface area (Å²) in [7, 11) is 1.63. The van der Waals surface area contributed by atoms with Gasteiger partial charge in [-0.1, -0.05) is 25.0 Å². The lowest BCUT2D eigenvalue weighted by molar-refractivity contribution is -0.126. The van der Waals surface area contributed by atoms with Crippen LogP contribution in [-0.4, -0.2) is 26.8 Å². The highest BCUT2D eigenvalue weighted by atomic mass is 19.1. The number of nitrogens with one attached hydrogen (secondary N) is 1. The van der Waals surface area contributed by atoms with E-state index in [4.69, 9.17) is 0 Å². The Labute approximate surface area is 157 Å². The Hall–Kier alpha value is -2.44. The van der Waals surface area contributed by atoms with Crippen LogP contribution in [0.2, 0.25) is 0 Å². The molecular weight excluding hydrogens is 347 g/mol. The topological polar surface area (TPSA) is 68.9 Å². The molecule has 0 spiro atoms. The molecule has 4 rings (SSSR count). The van der Waals surface area contributed by atoms with Crippen molar-refractivity contribution in [2.24, 2.45) is 13.0 Å². The maximum absolute atomic E-state index is 13.3. The predicted octanol–water partition coefficient (Wildman–Crippen LogP) is 1.91. The zero-order valence-corrected chi connectivity index (χ0v) is 15.6. The van der Waals surface area contributed by atoms with Gasteiger partial charge in [-0.3, -0.25) is 9.36 Å². The average Bonchev–Trinajstić information content (AvgIpc) is 3.26. The zero-order valence-electron chi connectivity index (χ0n) is 15.6. The van der Waals surface area contributed by atoms with Crippen LogP contribution in [0.3, 0.4) is 0 Å². The molecule has 1 aromatic heterocycles. The van der Waals surface area contributed by atoms with Crippen molar-refractivity contribution in [2.75, 3.05) is 6.54 Å². The minimum absolute atomic E-state index is 0.00945. The SMILES string of the molecule is Cn1nc2n(c1=O)C[C@H](C(=O)NCC1(c3ccc(F)cc3)CCCC1)CC2. The summed E-state index contributed by atoms with van der Waals surface area (Å²) in [5.41, 5.74) is 0.811. The number of carbonyl (C=O) groups is 1. The van der Waals surface area contributed by atoms with Gasteiger partial charge in [0.25, 0.3) is 0 Å². The molecule has 7 heteroatoms. The Morgan fingerprint density at radius 1 is 1.30 bits per heavy atom. The highest BCUT2D eigenvalue weighted by Crippen LogP contribution is 2.40. The van der Waals surface area contributed by atoms with Crippen molar-refractivity contribution < 1.29 is 9.18 Å². The molecule has 0 radical (unpaired) electrons. The van der Waals surface area contributed by atoms with E-state index in [1.165, 1.54) is 16.8 Å². The fourth-order valence-corrected chi connectivity index (χ4v) is 4.58. The van der Waals surface area contributed by atoms with E-state index in [2.05, 4.69) is 10.4 Å². The molecule has 0 bridgehead atoms. The highest BCUT2D eigenvalue weighted by molar-refractivity contribution is 5.78. The molecule has 144 valence electrons. The molecule has 0 saturated heterocycles. The molecule has 1 amide bonds. The maximum atomic E-state index is 13.3. The molecule has 1 saturated carbocycles. The van der Waals surface area contributed by atoms with Crippen LogP contribution in [-0.2, 0) is 30.2 Å². The van der Waals surface area contributed by atoms with Crippen molar-refractivity contribution in [3.8, 4) is 0 Å². The molecule has 6 nitrogen and oxygen atoms in total. The molecule has 1 aromatic carbocycles. The second-order valence-electron chi connectivity index (χ2n) is 7.88. The van der Waals surface area contributed by atoms with Crippen molar-refractivity contribution in [3.05, 3.63) is 52.0 Å². The first-order valence-corrected chi connectivity index (χ1v) is 9.65. The van der Waals surface area contributed by atoms with Crippen LogP contribution in [0.4, 0.5) is 4.39 Å². The minimum atomic E-state index is -0.240. The van der Waals surface area contributed by atoms with Gasteiger partial charge in [0.15, 0.2) is 0 Å². The van der Waals surface area contributed by atoms with Gasteiger partial charge in [0, 0.05) is 32.0 Å². The number of aryl methyl sites for hydroxylation is 2. The highest BCUT2D eigenvalue weighted by Gasteiger charge is 2.37. The van der Waals surface area contributed by atoms with Gasteiger partial charge >= 0.3 is 5.69 Å². The minimum Gasteiger partial charge on any atom is -0.355 e. The summed E-state index contributed by atoms with van der Waals surface area (Å²) >= 11 is 0. The number of hydrogen-bond acceptors (Lipinski definition) is 3. The lowest BCUT2D eigenvalue weighted by Crippen LogP contribution is -2.44. The summed E-state index contributed by atoms with van der Waals surface area (Å²) in [5.74, 6) is 0.289. The number of rotatable bonds is 4. The molecule has 2 aromatic rings. The van der Waals surface area contributed by atoms with Gasteiger partial charge < -0.3 is 5.32 Å². The fraction of sp³-hybridized carbons (Fsp3) is 0.550. The molecule has 1 aliphatic carbocycles. The molecule has 1 atom stereocenters. The molecule has 0 unspecified atom stereocenters. The lowest BCUT2D eigenvalue weighted by Gasteiger charge is -2.31. The van der Waals surface area contributed by atoms with E-state index in [0.29, 0.717) is 25.9 Å². The van der Waals surface area contributed by atoms with E-state index in [1.807, 2.05) is 12.1 Å². The second-order valence-corrected chi connectivity index (χ2v) is 7.88. The van der Waals surface area contributed by atoms with Crippen LogP contribution in [0.1, 0.15) is 43.5 Å². The van der Waals surface area contributed by atoms with Gasteiger partial charge in [-0.05, 0) is 37.0 Å². The first-order valence-electron chi connectivity index (χ1n) is 9.65. The van der Waals surface area contributed by atoms with E-state index in [1.54, 1.807) is 11.6 Å². The number of nitrogens with zero attached hydrogens (tertiary/aromatic N) is 3. The molecule has 1 aliphatic heterocycles. The number of amides is 1. The van der Waals surface area contributed by atoms with Gasteiger partial charge in [0.05, 0.1) is 5.92 Å². The van der Waals surface area contributed by atoms with E-state index in [-0.39, 0.29) is 28.7 Å². The summed E-state index contributed by atoms with van der Waals surface area (Å²) < 4.78 is 16.2. The number of halogens is 1. The van der Waals surface area contributed by atoms with E-state index >= 15 is 0 Å². The van der Waals surface area contributed by atoms with Gasteiger partial charge in [-0.25, -0.2) is 13.9 Å². The van der Waals surface area contributed by atoms with Crippen LogP contribution >= 0.6 is 0 Å². The number of hydrogen-bond donors (Lipinski definition) is 1. The first-order chi connectivity index (χ1) is 13.0. The number of carbonyl (C=O) groups excluding carboxylic acids is 1. The largest absolute Gasteiger partial charge is 0.355 e. The predicted molar refractivity (Wildman–Crippen MR) is 98.8 cm³/mol. The number of aromatic nitrogens is 3. The Bertz CT molecular complexity index is 894. The van der Waals surface area contributed by atoms with Crippen LogP contribution in [0.5, 0.6) is 0 Å². The van der Waals surface area contributed by atoms with Gasteiger partial charge in [-0.15, -0.1) is 0 Å². The van der Waals surface area contributed by atoms with Gasteiger partial charge in [0.2, 0.25) is 5.91 Å². The first kappa shape index (κ1) is 17.9. The Kier molecular flexibility index (Phi) is 4.61. The van der Waals surface area contributed by atoms with Crippen LogP contribution in [0.15, 0.2) is 29.1 Å². The maximum Gasteiger partial charge on any atom is 0.345 e. The van der Waals surface area contributed by atoms with Crippen LogP contribution in [0, 0.1) is 11.7 Å². The molecule has 27 heavy (non-hydrogen) atoms. The quantitative estimate of drug-likeness (QED) is 0.891. The Balaban J connectivity index is 1.45. The summed E-state index contributed by atoms with van der Waals surface area (Å²) in [6.45, 7) is 0.945. The van der Waals surface area contributed by atoms with Gasteiger partial charge in [0.1, 0.15) is 11.6 Å². The zero-order chi connectivity index (χ0) is 19.0. The van der Waals surface area contributed by atoms with Crippen molar-refractivity contribution in [1.82, 2.24) is 19.7 Å². The van der Waals surface area contributed by atoms with Crippen molar-refractivity contribution >= 4 is 5.91 Å². The molecule has 1 fully saturated rings. The summed E-state index contributed by atoms with van der Waals surface area (Å²) in [5, 5.41) is 7.35. The van der Waals surface area contributed by atoms with Crippen molar-refractivity contribution in [3.63, 3.8) is 0 Å². The third-order valence-electron chi connectivity index (χ3n) is 6.19. The summed E-state index contributed by atoms with van der Waals surface area (Å²) in [6, 6.07) is 6.67. The Morgan fingerprint density at radius 2 is 2.00 bits per heavy atom. The van der Waals surface area contributed by atoms with Crippen molar-refractivity contribution in [2.45, 2.75) is 50.5 Å². The Morgan fingerprint density at radius 3 is 2.70 bits per heavy atom. The third kappa shape index (κ3) is 3.31. The normalized spacial score (nSPS) is 21.0. The van der Waals surface area contributed by atoms with Gasteiger partial charge in [-0.2, -0.15) is 5.10 Å². The van der Waals surface area contributed by atoms with E-state index in [0.717, 1.165) is 37.1 Å². The van der Waals surface area contributed by atoms with E-state index < -0.39 is 0 Å².